The second kappa shape index (κ2) is 7.57. The van der Waals surface area contributed by atoms with Gasteiger partial charge >= 0.3 is 0 Å². The average molecular weight is 417 g/mol. The molecule has 0 bridgehead atoms. The van der Waals surface area contributed by atoms with Gasteiger partial charge in [0.1, 0.15) is 5.56 Å². The summed E-state index contributed by atoms with van der Waals surface area (Å²) in [5.41, 5.74) is 0.542. The van der Waals surface area contributed by atoms with Gasteiger partial charge in [-0.25, -0.2) is 13.1 Å². The van der Waals surface area contributed by atoms with E-state index in [0.717, 1.165) is 0 Å². The van der Waals surface area contributed by atoms with E-state index in [1.807, 2.05) is 13.8 Å². The number of ketones is 1. The molecule has 0 radical (unpaired) electrons. The highest BCUT2D eigenvalue weighted by Gasteiger charge is 2.32. The Bertz CT molecular complexity index is 1150. The molecule has 3 N–H and O–H groups in total. The smallest absolute Gasteiger partial charge is 0.261 e. The van der Waals surface area contributed by atoms with Gasteiger partial charge < -0.3 is 10.3 Å². The highest BCUT2D eigenvalue weighted by Crippen LogP contribution is 2.33. The number of aromatic nitrogens is 1. The van der Waals surface area contributed by atoms with Gasteiger partial charge in [-0.05, 0) is 42.6 Å². The van der Waals surface area contributed by atoms with Crippen molar-refractivity contribution in [3.63, 3.8) is 0 Å². The number of amides is 1. The Hall–Kier alpha value is -2.78. The van der Waals surface area contributed by atoms with Crippen molar-refractivity contribution in [3.05, 3.63) is 63.1 Å². The van der Waals surface area contributed by atoms with Crippen molar-refractivity contribution in [2.24, 2.45) is 5.41 Å². The Morgan fingerprint density at radius 1 is 1.17 bits per heavy atom. The topological polar surface area (TPSA) is 125 Å². The van der Waals surface area contributed by atoms with Crippen LogP contribution in [0.15, 0.2) is 40.0 Å². The lowest BCUT2D eigenvalue weighted by molar-refractivity contribution is 0.0910. The predicted molar refractivity (Wildman–Crippen MR) is 107 cm³/mol. The number of nitrogens with one attached hydrogen (secondary N) is 3. The van der Waals surface area contributed by atoms with Gasteiger partial charge in [0.2, 0.25) is 10.0 Å². The number of carbonyl (C=O) groups is 2. The molecule has 9 heteroatoms. The Morgan fingerprint density at radius 3 is 2.59 bits per heavy atom. The van der Waals surface area contributed by atoms with Crippen LogP contribution in [0.2, 0.25) is 0 Å². The molecule has 2 aromatic rings. The molecule has 0 spiro atoms. The Kier molecular flexibility index (Phi) is 5.46. The molecule has 0 saturated heterocycles. The molecule has 0 saturated carbocycles. The van der Waals surface area contributed by atoms with Crippen molar-refractivity contribution in [3.8, 4) is 0 Å². The van der Waals surface area contributed by atoms with Crippen molar-refractivity contribution in [2.45, 2.75) is 38.1 Å². The molecule has 0 atom stereocenters. The van der Waals surface area contributed by atoms with Gasteiger partial charge in [0.15, 0.2) is 5.78 Å². The van der Waals surface area contributed by atoms with Crippen molar-refractivity contribution >= 4 is 21.7 Å². The Balaban J connectivity index is 1.81. The normalized spacial score (nSPS) is 15.6. The summed E-state index contributed by atoms with van der Waals surface area (Å²) in [7, 11) is -2.29. The fourth-order valence-electron chi connectivity index (χ4n) is 3.41. The molecule has 1 aromatic carbocycles. The molecule has 3 rings (SSSR count). The van der Waals surface area contributed by atoms with Gasteiger partial charge in [-0.3, -0.25) is 14.4 Å². The number of hydrogen-bond acceptors (Lipinski definition) is 5. The number of aromatic amines is 1. The number of Topliss-reactive ketones (excluding diaryl/α,β-unsaturated/α-hetero) is 1. The maximum atomic E-state index is 12.5. The van der Waals surface area contributed by atoms with E-state index in [1.165, 1.54) is 25.2 Å². The fourth-order valence-corrected chi connectivity index (χ4v) is 4.21. The molecular formula is C20H23N3O5S. The monoisotopic (exact) mass is 417 g/mol. The van der Waals surface area contributed by atoms with Crippen molar-refractivity contribution in [2.75, 3.05) is 7.05 Å². The summed E-state index contributed by atoms with van der Waals surface area (Å²) in [6, 6.07) is 7.46. The van der Waals surface area contributed by atoms with Crippen LogP contribution in [0.4, 0.5) is 0 Å². The van der Waals surface area contributed by atoms with E-state index in [1.54, 1.807) is 12.1 Å². The third-order valence-corrected chi connectivity index (χ3v) is 6.30. The van der Waals surface area contributed by atoms with Crippen LogP contribution in [-0.4, -0.2) is 32.1 Å². The van der Waals surface area contributed by atoms with Crippen LogP contribution in [-0.2, 0) is 23.0 Å². The van der Waals surface area contributed by atoms with Gasteiger partial charge in [0, 0.05) is 24.2 Å². The molecule has 0 aliphatic heterocycles. The van der Waals surface area contributed by atoms with Crippen molar-refractivity contribution < 1.29 is 18.0 Å². The molecule has 1 heterocycles. The summed E-state index contributed by atoms with van der Waals surface area (Å²) in [5, 5.41) is 2.61. The predicted octanol–water partition coefficient (Wildman–Crippen LogP) is 1.37. The zero-order valence-electron chi connectivity index (χ0n) is 16.5. The summed E-state index contributed by atoms with van der Waals surface area (Å²) in [4.78, 5) is 40.1. The molecule has 0 fully saturated rings. The van der Waals surface area contributed by atoms with E-state index < -0.39 is 21.5 Å². The van der Waals surface area contributed by atoms with Crippen LogP contribution >= 0.6 is 0 Å². The molecule has 8 nitrogen and oxygen atoms in total. The summed E-state index contributed by atoms with van der Waals surface area (Å²) < 4.78 is 26.0. The zero-order chi connectivity index (χ0) is 21.4. The SMILES string of the molecule is CNS(=O)(=O)c1cccc(CNC(=O)c2cc3c([nH]c2=O)CC(C)(C)CC3=O)c1. The van der Waals surface area contributed by atoms with Crippen LogP contribution in [0.3, 0.4) is 0 Å². The molecule has 0 unspecified atom stereocenters. The van der Waals surface area contributed by atoms with Gasteiger partial charge in [-0.1, -0.05) is 26.0 Å². The molecule has 29 heavy (non-hydrogen) atoms. The van der Waals surface area contributed by atoms with E-state index in [4.69, 9.17) is 0 Å². The van der Waals surface area contributed by atoms with Crippen molar-refractivity contribution in [1.82, 2.24) is 15.0 Å². The summed E-state index contributed by atoms with van der Waals surface area (Å²) >= 11 is 0. The van der Waals surface area contributed by atoms with E-state index in [2.05, 4.69) is 15.0 Å². The third-order valence-electron chi connectivity index (χ3n) is 4.89. The summed E-state index contributed by atoms with van der Waals surface area (Å²) in [5.74, 6) is -0.736. The van der Waals surface area contributed by atoms with Gasteiger partial charge in [-0.15, -0.1) is 0 Å². The lowest BCUT2D eigenvalue weighted by atomic mass is 9.75. The number of carbonyl (C=O) groups excluding carboxylic acids is 2. The number of H-pyrrole nitrogens is 1. The second-order valence-electron chi connectivity index (χ2n) is 7.88. The second-order valence-corrected chi connectivity index (χ2v) is 9.77. The molecule has 1 amide bonds. The van der Waals surface area contributed by atoms with Crippen LogP contribution in [0.25, 0.3) is 0 Å². The zero-order valence-corrected chi connectivity index (χ0v) is 17.3. The van der Waals surface area contributed by atoms with E-state index in [0.29, 0.717) is 29.7 Å². The van der Waals surface area contributed by atoms with E-state index in [-0.39, 0.29) is 28.2 Å². The Morgan fingerprint density at radius 2 is 1.90 bits per heavy atom. The first-order chi connectivity index (χ1) is 13.5. The van der Waals surface area contributed by atoms with Crippen LogP contribution < -0.4 is 15.6 Å². The number of hydrogen-bond donors (Lipinski definition) is 3. The van der Waals surface area contributed by atoms with Gasteiger partial charge in [-0.2, -0.15) is 0 Å². The first-order valence-corrected chi connectivity index (χ1v) is 10.6. The summed E-state index contributed by atoms with van der Waals surface area (Å²) in [6.07, 6.45) is 0.901. The largest absolute Gasteiger partial charge is 0.348 e. The maximum Gasteiger partial charge on any atom is 0.261 e. The fraction of sp³-hybridized carbons (Fsp3) is 0.350. The number of fused-ring (bicyclic) bond motifs is 1. The van der Waals surface area contributed by atoms with Crippen LogP contribution in [0.1, 0.15) is 52.2 Å². The maximum absolute atomic E-state index is 12.5. The van der Waals surface area contributed by atoms with Crippen LogP contribution in [0.5, 0.6) is 0 Å². The highest BCUT2D eigenvalue weighted by molar-refractivity contribution is 7.89. The highest BCUT2D eigenvalue weighted by atomic mass is 32.2. The standard InChI is InChI=1S/C20H23N3O5S/c1-20(2)9-16-14(17(24)10-20)8-15(19(26)23-16)18(25)22-11-12-5-4-6-13(7-12)29(27,28)21-3/h4-8,21H,9-11H2,1-3H3,(H,22,25)(H,23,26). The van der Waals surface area contributed by atoms with Gasteiger partial charge in [0.25, 0.3) is 11.5 Å². The number of pyridine rings is 1. The first-order valence-electron chi connectivity index (χ1n) is 9.12. The number of rotatable bonds is 5. The van der Waals surface area contributed by atoms with E-state index >= 15 is 0 Å². The van der Waals surface area contributed by atoms with E-state index in [9.17, 15) is 22.8 Å². The van der Waals surface area contributed by atoms with Gasteiger partial charge in [0.05, 0.1) is 4.90 Å². The summed E-state index contributed by atoms with van der Waals surface area (Å²) in [6.45, 7) is 3.94. The minimum Gasteiger partial charge on any atom is -0.348 e. The minimum atomic E-state index is -3.60. The molecule has 154 valence electrons. The number of sulfonamides is 1. The average Bonchev–Trinajstić information content (AvgIpc) is 2.65. The molecule has 1 aromatic heterocycles. The molecule has 1 aliphatic rings. The minimum absolute atomic E-state index is 0.0312. The lowest BCUT2D eigenvalue weighted by Crippen LogP contribution is -2.34. The number of benzene rings is 1. The third kappa shape index (κ3) is 4.46. The molecule has 1 aliphatic carbocycles. The quantitative estimate of drug-likeness (QED) is 0.678. The Labute approximate surface area is 168 Å². The lowest BCUT2D eigenvalue weighted by Gasteiger charge is -2.29. The molecular weight excluding hydrogens is 394 g/mol. The van der Waals surface area contributed by atoms with Crippen LogP contribution in [0, 0.1) is 5.41 Å². The first kappa shape index (κ1) is 20.9. The van der Waals surface area contributed by atoms with Crippen molar-refractivity contribution in [1.29, 1.82) is 0 Å².